The van der Waals surface area contributed by atoms with Crippen LogP contribution in [0.5, 0.6) is 5.75 Å². The molecule has 0 spiro atoms. The average Bonchev–Trinajstić information content (AvgIpc) is 2.78. The Morgan fingerprint density at radius 2 is 1.61 bits per heavy atom. The van der Waals surface area contributed by atoms with Crippen LogP contribution in [0.1, 0.15) is 29.2 Å². The molecule has 0 aliphatic rings. The van der Waals surface area contributed by atoms with Gasteiger partial charge in [0.2, 0.25) is 10.0 Å². The van der Waals surface area contributed by atoms with E-state index in [1.54, 1.807) is 31.4 Å². The molecule has 3 rings (SSSR count). The molecule has 0 saturated heterocycles. The van der Waals surface area contributed by atoms with E-state index in [1.165, 1.54) is 0 Å². The molecule has 3 aromatic carbocycles. The molecule has 0 heterocycles. The van der Waals surface area contributed by atoms with Gasteiger partial charge in [0.25, 0.3) is 0 Å². The normalized spacial score (nSPS) is 13.4. The fourth-order valence-corrected chi connectivity index (χ4v) is 4.74. The molecule has 0 bridgehead atoms. The summed E-state index contributed by atoms with van der Waals surface area (Å²) in [7, 11) is -2.06. The van der Waals surface area contributed by atoms with E-state index in [2.05, 4.69) is 16.4 Å². The number of aliphatic imine (C=N–C) groups is 1. The third-order valence-corrected chi connectivity index (χ3v) is 6.74. The molecular weight excluding hydrogens is 408 g/mol. The van der Waals surface area contributed by atoms with Gasteiger partial charge in [0.1, 0.15) is 5.75 Å². The lowest BCUT2D eigenvalue weighted by Gasteiger charge is -2.23. The highest BCUT2D eigenvalue weighted by Crippen LogP contribution is 2.26. The molecule has 5 nitrogen and oxygen atoms in total. The molecular formula is C25H28N2O3S. The van der Waals surface area contributed by atoms with E-state index in [-0.39, 0.29) is 17.0 Å². The smallest absolute Gasteiger partial charge is 0.240 e. The van der Waals surface area contributed by atoms with Crippen LogP contribution in [0, 0.1) is 6.92 Å². The molecule has 6 heteroatoms. The highest BCUT2D eigenvalue weighted by molar-refractivity contribution is 7.89. The molecule has 0 radical (unpaired) electrons. The van der Waals surface area contributed by atoms with Crippen molar-refractivity contribution in [3.63, 3.8) is 0 Å². The van der Waals surface area contributed by atoms with Crippen LogP contribution in [0.2, 0.25) is 0 Å². The third-order valence-electron chi connectivity index (χ3n) is 5.21. The molecule has 0 unspecified atom stereocenters. The van der Waals surface area contributed by atoms with E-state index in [0.29, 0.717) is 12.8 Å². The van der Waals surface area contributed by atoms with E-state index in [9.17, 15) is 8.42 Å². The third kappa shape index (κ3) is 6.26. The molecule has 0 fully saturated rings. The Hall–Kier alpha value is -2.96. The van der Waals surface area contributed by atoms with Gasteiger partial charge in [-0.25, -0.2) is 13.1 Å². The van der Waals surface area contributed by atoms with Crippen LogP contribution in [-0.4, -0.2) is 28.3 Å². The van der Waals surface area contributed by atoms with Gasteiger partial charge < -0.3 is 4.74 Å². The predicted molar refractivity (Wildman–Crippen MR) is 125 cm³/mol. The predicted octanol–water partition coefficient (Wildman–Crippen LogP) is 4.73. The summed E-state index contributed by atoms with van der Waals surface area (Å²) in [4.78, 5) is 4.54. The summed E-state index contributed by atoms with van der Waals surface area (Å²) < 4.78 is 34.2. The second-order valence-electron chi connectivity index (χ2n) is 7.53. The first-order valence-electron chi connectivity index (χ1n) is 10.1. The largest absolute Gasteiger partial charge is 0.497 e. The van der Waals surface area contributed by atoms with E-state index >= 15 is 0 Å². The highest BCUT2D eigenvalue weighted by atomic mass is 32.2. The van der Waals surface area contributed by atoms with Gasteiger partial charge in [-0.1, -0.05) is 60.2 Å². The lowest BCUT2D eigenvalue weighted by atomic mass is 9.96. The number of methoxy groups -OCH3 is 1. The van der Waals surface area contributed by atoms with Crippen LogP contribution < -0.4 is 9.46 Å². The van der Waals surface area contributed by atoms with E-state index < -0.39 is 10.0 Å². The fraction of sp³-hybridized carbons (Fsp3) is 0.240. The van der Waals surface area contributed by atoms with Crippen molar-refractivity contribution in [2.75, 3.05) is 7.11 Å². The van der Waals surface area contributed by atoms with Crippen LogP contribution in [0.15, 0.2) is 88.8 Å². The van der Waals surface area contributed by atoms with Crippen LogP contribution in [0.3, 0.4) is 0 Å². The first-order chi connectivity index (χ1) is 14.9. The minimum atomic E-state index is -3.68. The molecule has 1 N–H and O–H groups in total. The van der Waals surface area contributed by atoms with Crippen molar-refractivity contribution in [1.82, 2.24) is 4.72 Å². The van der Waals surface area contributed by atoms with Crippen molar-refractivity contribution in [3.8, 4) is 5.75 Å². The number of aryl methyl sites for hydroxylation is 1. The molecule has 2 atom stereocenters. The number of benzene rings is 3. The van der Waals surface area contributed by atoms with Crippen LogP contribution in [0.4, 0.5) is 0 Å². The monoisotopic (exact) mass is 436 g/mol. The Kier molecular flexibility index (Phi) is 7.60. The lowest BCUT2D eigenvalue weighted by molar-refractivity contribution is 0.414. The Bertz CT molecular complexity index is 1080. The summed E-state index contributed by atoms with van der Waals surface area (Å²) in [6.45, 7) is 5.67. The SMILES string of the molecule is C=N[C@@H](C[C@H](Cc1ccccc1)NS(=O)(=O)c1ccc(C)cc1)c1ccc(OC)cc1. The van der Waals surface area contributed by atoms with Gasteiger partial charge in [-0.05, 0) is 61.9 Å². The average molecular weight is 437 g/mol. The zero-order valence-corrected chi connectivity index (χ0v) is 18.7. The second kappa shape index (κ2) is 10.4. The molecule has 0 aliphatic carbocycles. The number of rotatable bonds is 10. The summed E-state index contributed by atoms with van der Waals surface area (Å²) >= 11 is 0. The molecule has 0 amide bonds. The molecule has 0 aromatic heterocycles. The van der Waals surface area contributed by atoms with Gasteiger partial charge in [-0.3, -0.25) is 4.99 Å². The number of hydrogen-bond donors (Lipinski definition) is 1. The van der Waals surface area contributed by atoms with Gasteiger partial charge in [-0.2, -0.15) is 0 Å². The van der Waals surface area contributed by atoms with E-state index in [1.807, 2.05) is 61.5 Å². The fourth-order valence-electron chi connectivity index (χ4n) is 3.49. The first kappa shape index (κ1) is 22.7. The van der Waals surface area contributed by atoms with E-state index in [0.717, 1.165) is 22.4 Å². The standard InChI is InChI=1S/C25H28N2O3S/c1-19-9-15-24(16-10-19)31(28,29)27-22(17-20-7-5-4-6-8-20)18-25(26-2)21-11-13-23(30-3)14-12-21/h4-16,22,25,27H,2,17-18H2,1,3H3/t22-,25-/m0/s1. The molecule has 162 valence electrons. The Morgan fingerprint density at radius 1 is 0.968 bits per heavy atom. The lowest BCUT2D eigenvalue weighted by Crippen LogP contribution is -2.37. The van der Waals surface area contributed by atoms with Crippen LogP contribution in [0.25, 0.3) is 0 Å². The minimum Gasteiger partial charge on any atom is -0.497 e. The van der Waals surface area contributed by atoms with Gasteiger partial charge in [0, 0.05) is 6.04 Å². The van der Waals surface area contributed by atoms with E-state index in [4.69, 9.17) is 4.74 Å². The number of nitrogens with one attached hydrogen (secondary N) is 1. The van der Waals surface area contributed by atoms with Gasteiger partial charge in [0.05, 0.1) is 18.0 Å². The molecule has 0 saturated carbocycles. The maximum absolute atomic E-state index is 13.1. The Morgan fingerprint density at radius 3 is 2.19 bits per heavy atom. The van der Waals surface area contributed by atoms with Gasteiger partial charge in [0.15, 0.2) is 0 Å². The first-order valence-corrected chi connectivity index (χ1v) is 11.6. The summed E-state index contributed by atoms with van der Waals surface area (Å²) in [6.07, 6.45) is 1.03. The van der Waals surface area contributed by atoms with Crippen molar-refractivity contribution < 1.29 is 13.2 Å². The summed E-state index contributed by atoms with van der Waals surface area (Å²) in [6, 6.07) is 23.7. The Balaban J connectivity index is 1.85. The molecule has 3 aromatic rings. The Labute approximate surface area is 184 Å². The quantitative estimate of drug-likeness (QED) is 0.468. The molecule has 0 aliphatic heterocycles. The maximum Gasteiger partial charge on any atom is 0.240 e. The van der Waals surface area contributed by atoms with Crippen LogP contribution in [-0.2, 0) is 16.4 Å². The summed E-state index contributed by atoms with van der Waals surface area (Å²) in [5.41, 5.74) is 3.02. The molecule has 31 heavy (non-hydrogen) atoms. The van der Waals surface area contributed by atoms with Crippen molar-refractivity contribution in [3.05, 3.63) is 95.6 Å². The van der Waals surface area contributed by atoms with Crippen molar-refractivity contribution >= 4 is 16.7 Å². The number of sulfonamides is 1. The second-order valence-corrected chi connectivity index (χ2v) is 9.24. The zero-order valence-electron chi connectivity index (χ0n) is 17.9. The van der Waals surface area contributed by atoms with Gasteiger partial charge in [-0.15, -0.1) is 0 Å². The number of hydrogen-bond acceptors (Lipinski definition) is 4. The maximum atomic E-state index is 13.1. The minimum absolute atomic E-state index is 0.250. The van der Waals surface area contributed by atoms with Crippen molar-refractivity contribution in [2.45, 2.75) is 36.7 Å². The number of ether oxygens (including phenoxy) is 1. The topological polar surface area (TPSA) is 67.8 Å². The highest BCUT2D eigenvalue weighted by Gasteiger charge is 2.24. The van der Waals surface area contributed by atoms with Gasteiger partial charge >= 0.3 is 0 Å². The van der Waals surface area contributed by atoms with Crippen molar-refractivity contribution in [2.24, 2.45) is 4.99 Å². The number of nitrogens with zero attached hydrogens (tertiary/aromatic N) is 1. The van der Waals surface area contributed by atoms with Crippen molar-refractivity contribution in [1.29, 1.82) is 0 Å². The summed E-state index contributed by atoms with van der Waals surface area (Å²) in [5.74, 6) is 0.757. The zero-order chi connectivity index (χ0) is 22.3. The van der Waals surface area contributed by atoms with Crippen LogP contribution >= 0.6 is 0 Å². The summed E-state index contributed by atoms with van der Waals surface area (Å²) in [5, 5.41) is 0.